The zero-order valence-electron chi connectivity index (χ0n) is 14.3. The number of hydrogen-bond acceptors (Lipinski definition) is 5. The van der Waals surface area contributed by atoms with E-state index in [9.17, 15) is 22.8 Å². The van der Waals surface area contributed by atoms with Crippen molar-refractivity contribution in [3.8, 4) is 0 Å². The number of carbonyl (C=O) groups excluding carboxylic acids is 3. The number of amides is 3. The first-order chi connectivity index (χ1) is 12.3. The van der Waals surface area contributed by atoms with Gasteiger partial charge < -0.3 is 15.5 Å². The fourth-order valence-electron chi connectivity index (χ4n) is 3.40. The Morgan fingerprint density at radius 3 is 2.62 bits per heavy atom. The van der Waals surface area contributed by atoms with Crippen molar-refractivity contribution < 1.29 is 22.8 Å². The number of hydrogen-bond donors (Lipinski definition) is 2. The lowest BCUT2D eigenvalue weighted by Gasteiger charge is -2.36. The monoisotopic (exact) mass is 379 g/mol. The van der Waals surface area contributed by atoms with E-state index >= 15 is 0 Å². The quantitative estimate of drug-likeness (QED) is 0.704. The van der Waals surface area contributed by atoms with Gasteiger partial charge in [-0.1, -0.05) is 18.2 Å². The van der Waals surface area contributed by atoms with Crippen LogP contribution in [0.2, 0.25) is 0 Å². The van der Waals surface area contributed by atoms with Crippen LogP contribution in [-0.4, -0.2) is 67.7 Å². The highest BCUT2D eigenvalue weighted by Crippen LogP contribution is 2.24. The van der Waals surface area contributed by atoms with E-state index in [2.05, 4.69) is 10.6 Å². The van der Waals surface area contributed by atoms with Gasteiger partial charge in [-0.05, 0) is 25.0 Å². The SMILES string of the molecule is CS(=O)(=O)CCC1NC(=O)C2C(NC(=O)c3ccccc3)CCN2C1=O. The van der Waals surface area contributed by atoms with Crippen molar-refractivity contribution in [2.24, 2.45) is 0 Å². The van der Waals surface area contributed by atoms with E-state index in [0.29, 0.717) is 18.5 Å². The summed E-state index contributed by atoms with van der Waals surface area (Å²) in [5, 5.41) is 5.43. The second kappa shape index (κ2) is 7.06. The minimum absolute atomic E-state index is 0.0493. The standard InChI is InChI=1S/C17H21N3O5S/c1-26(24,25)10-8-13-17(23)20-9-7-12(14(20)16(22)19-13)18-15(21)11-5-3-2-4-6-11/h2-6,12-14H,7-10H2,1H3,(H,18,21)(H,19,22). The number of nitrogens with zero attached hydrogens (tertiary/aromatic N) is 1. The number of nitrogens with one attached hydrogen (secondary N) is 2. The van der Waals surface area contributed by atoms with Crippen LogP contribution in [0.1, 0.15) is 23.2 Å². The average Bonchev–Trinajstić information content (AvgIpc) is 3.01. The summed E-state index contributed by atoms with van der Waals surface area (Å²) < 4.78 is 22.6. The zero-order valence-corrected chi connectivity index (χ0v) is 15.2. The van der Waals surface area contributed by atoms with Gasteiger partial charge in [0.1, 0.15) is 21.9 Å². The third-order valence-electron chi connectivity index (χ3n) is 4.69. The second-order valence-corrected chi connectivity index (χ2v) is 8.95. The molecule has 1 aromatic carbocycles. The van der Waals surface area contributed by atoms with Crippen LogP contribution in [-0.2, 0) is 19.4 Å². The molecule has 2 saturated heterocycles. The van der Waals surface area contributed by atoms with Crippen molar-refractivity contribution >= 4 is 27.6 Å². The predicted molar refractivity (Wildman–Crippen MR) is 94.1 cm³/mol. The highest BCUT2D eigenvalue weighted by Gasteiger charge is 2.48. The molecule has 8 nitrogen and oxygen atoms in total. The molecule has 140 valence electrons. The van der Waals surface area contributed by atoms with E-state index < -0.39 is 28.0 Å². The molecule has 0 bridgehead atoms. The molecular weight excluding hydrogens is 358 g/mol. The number of piperazine rings is 1. The van der Waals surface area contributed by atoms with Gasteiger partial charge in [-0.25, -0.2) is 8.42 Å². The molecular formula is C17H21N3O5S. The highest BCUT2D eigenvalue weighted by molar-refractivity contribution is 7.90. The van der Waals surface area contributed by atoms with Crippen molar-refractivity contribution in [2.45, 2.75) is 31.0 Å². The number of rotatable bonds is 5. The third kappa shape index (κ3) is 3.87. The first-order valence-electron chi connectivity index (χ1n) is 8.41. The first-order valence-corrected chi connectivity index (χ1v) is 10.5. The Kier molecular flexibility index (Phi) is 4.99. The number of fused-ring (bicyclic) bond motifs is 1. The van der Waals surface area contributed by atoms with Crippen LogP contribution in [0.5, 0.6) is 0 Å². The van der Waals surface area contributed by atoms with Gasteiger partial charge in [-0.15, -0.1) is 0 Å². The van der Waals surface area contributed by atoms with Crippen molar-refractivity contribution in [2.75, 3.05) is 18.6 Å². The van der Waals surface area contributed by atoms with Gasteiger partial charge in [0.2, 0.25) is 11.8 Å². The maximum absolute atomic E-state index is 12.6. The summed E-state index contributed by atoms with van der Waals surface area (Å²) in [6.07, 6.45) is 1.62. The lowest BCUT2D eigenvalue weighted by molar-refractivity contribution is -0.147. The van der Waals surface area contributed by atoms with Gasteiger partial charge in [0.15, 0.2) is 0 Å². The Morgan fingerprint density at radius 2 is 1.96 bits per heavy atom. The fourth-order valence-corrected chi connectivity index (χ4v) is 4.07. The molecule has 2 N–H and O–H groups in total. The molecule has 9 heteroatoms. The van der Waals surface area contributed by atoms with Gasteiger partial charge in [0.25, 0.3) is 5.91 Å². The topological polar surface area (TPSA) is 113 Å². The molecule has 1 aromatic rings. The van der Waals surface area contributed by atoms with Crippen LogP contribution >= 0.6 is 0 Å². The Hall–Kier alpha value is -2.42. The zero-order chi connectivity index (χ0) is 18.9. The maximum Gasteiger partial charge on any atom is 0.251 e. The molecule has 0 aromatic heterocycles. The molecule has 2 aliphatic rings. The van der Waals surface area contributed by atoms with E-state index in [1.54, 1.807) is 30.3 Å². The molecule has 3 rings (SSSR count). The summed E-state index contributed by atoms with van der Waals surface area (Å²) in [7, 11) is -3.22. The lowest BCUT2D eigenvalue weighted by atomic mass is 10.0. The molecule has 2 fully saturated rings. The smallest absolute Gasteiger partial charge is 0.251 e. The molecule has 3 amide bonds. The molecule has 2 aliphatic heterocycles. The molecule has 26 heavy (non-hydrogen) atoms. The van der Waals surface area contributed by atoms with E-state index in [0.717, 1.165) is 6.26 Å². The Bertz CT molecular complexity index is 824. The average molecular weight is 379 g/mol. The largest absolute Gasteiger partial charge is 0.347 e. The molecule has 0 saturated carbocycles. The van der Waals surface area contributed by atoms with Crippen LogP contribution in [0.4, 0.5) is 0 Å². The van der Waals surface area contributed by atoms with E-state index in [1.807, 2.05) is 0 Å². The van der Waals surface area contributed by atoms with Gasteiger partial charge in [0.05, 0.1) is 11.8 Å². The summed E-state index contributed by atoms with van der Waals surface area (Å²) in [6.45, 7) is 0.353. The molecule has 0 aliphatic carbocycles. The molecule has 3 unspecified atom stereocenters. The van der Waals surface area contributed by atoms with Crippen molar-refractivity contribution in [1.82, 2.24) is 15.5 Å². The number of carbonyl (C=O) groups is 3. The summed E-state index contributed by atoms with van der Waals surface area (Å²) in [5.41, 5.74) is 0.486. The minimum Gasteiger partial charge on any atom is -0.347 e. The molecule has 0 spiro atoms. The molecule has 2 heterocycles. The molecule has 3 atom stereocenters. The highest BCUT2D eigenvalue weighted by atomic mass is 32.2. The van der Waals surface area contributed by atoms with Gasteiger partial charge in [-0.2, -0.15) is 0 Å². The van der Waals surface area contributed by atoms with E-state index in [1.165, 1.54) is 4.90 Å². The van der Waals surface area contributed by atoms with Crippen molar-refractivity contribution in [3.05, 3.63) is 35.9 Å². The number of benzene rings is 1. The maximum atomic E-state index is 12.6. The predicted octanol–water partition coefficient (Wildman–Crippen LogP) is -0.681. The second-order valence-electron chi connectivity index (χ2n) is 6.69. The third-order valence-corrected chi connectivity index (χ3v) is 5.67. The van der Waals surface area contributed by atoms with Crippen LogP contribution in [0, 0.1) is 0 Å². The van der Waals surface area contributed by atoms with Crippen LogP contribution < -0.4 is 10.6 Å². The Morgan fingerprint density at radius 1 is 1.27 bits per heavy atom. The fraction of sp³-hybridized carbons (Fsp3) is 0.471. The number of sulfone groups is 1. The summed E-state index contributed by atoms with van der Waals surface area (Å²) in [6, 6.07) is 6.59. The van der Waals surface area contributed by atoms with Crippen LogP contribution in [0.3, 0.4) is 0 Å². The van der Waals surface area contributed by atoms with Gasteiger partial charge >= 0.3 is 0 Å². The van der Waals surface area contributed by atoms with Crippen LogP contribution in [0.25, 0.3) is 0 Å². The van der Waals surface area contributed by atoms with E-state index in [-0.39, 0.29) is 29.9 Å². The van der Waals surface area contributed by atoms with E-state index in [4.69, 9.17) is 0 Å². The van der Waals surface area contributed by atoms with Crippen LogP contribution in [0.15, 0.2) is 30.3 Å². The summed E-state index contributed by atoms with van der Waals surface area (Å²) >= 11 is 0. The Balaban J connectivity index is 1.68. The Labute approximate surface area is 151 Å². The van der Waals surface area contributed by atoms with Crippen molar-refractivity contribution in [1.29, 1.82) is 0 Å². The van der Waals surface area contributed by atoms with Gasteiger partial charge in [0, 0.05) is 18.4 Å². The normalized spacial score (nSPS) is 25.6. The minimum atomic E-state index is -3.22. The summed E-state index contributed by atoms with van der Waals surface area (Å²) in [5.74, 6) is -1.12. The van der Waals surface area contributed by atoms with Gasteiger partial charge in [-0.3, -0.25) is 14.4 Å². The summed E-state index contributed by atoms with van der Waals surface area (Å²) in [4.78, 5) is 38.8. The lowest BCUT2D eigenvalue weighted by Crippen LogP contribution is -2.65. The molecule has 0 radical (unpaired) electrons. The van der Waals surface area contributed by atoms with Crippen molar-refractivity contribution in [3.63, 3.8) is 0 Å². The first kappa shape index (κ1) is 18.4.